The second-order valence-electron chi connectivity index (χ2n) is 6.47. The Balaban J connectivity index is 2.13. The summed E-state index contributed by atoms with van der Waals surface area (Å²) in [6, 6.07) is 6.46. The predicted molar refractivity (Wildman–Crippen MR) is 95.0 cm³/mol. The molecule has 2 heterocycles. The van der Waals surface area contributed by atoms with Gasteiger partial charge in [0.15, 0.2) is 11.6 Å². The molecule has 0 fully saturated rings. The minimum absolute atomic E-state index is 0.432. The second kappa shape index (κ2) is 6.88. The SMILES string of the molecule is CC1=CC(=O)[C@H](C(c2ccc(Cl)cc2)[C@H]2C(=O)C=C(C)NC2=O)C(=O)N1. The fourth-order valence-electron chi connectivity index (χ4n) is 3.42. The highest BCUT2D eigenvalue weighted by Crippen LogP contribution is 2.37. The number of amides is 2. The lowest BCUT2D eigenvalue weighted by molar-refractivity contribution is -0.137. The van der Waals surface area contributed by atoms with Crippen LogP contribution in [0.4, 0.5) is 0 Å². The fourth-order valence-corrected chi connectivity index (χ4v) is 3.55. The number of hydrogen-bond acceptors (Lipinski definition) is 4. The lowest BCUT2D eigenvalue weighted by atomic mass is 9.71. The Morgan fingerprint density at radius 2 is 1.23 bits per heavy atom. The molecular formula is C19H17ClN2O4. The molecule has 0 radical (unpaired) electrons. The normalized spacial score (nSPS) is 23.4. The zero-order chi connectivity index (χ0) is 19.0. The Hall–Kier alpha value is -2.73. The van der Waals surface area contributed by atoms with Gasteiger partial charge in [-0.2, -0.15) is 0 Å². The van der Waals surface area contributed by atoms with E-state index in [4.69, 9.17) is 11.6 Å². The zero-order valence-electron chi connectivity index (χ0n) is 14.2. The Bertz CT molecular complexity index is 820. The Labute approximate surface area is 155 Å². The van der Waals surface area contributed by atoms with E-state index in [0.29, 0.717) is 22.0 Å². The molecule has 0 saturated heterocycles. The molecule has 2 amide bonds. The molecule has 26 heavy (non-hydrogen) atoms. The van der Waals surface area contributed by atoms with Crippen molar-refractivity contribution < 1.29 is 19.2 Å². The van der Waals surface area contributed by atoms with Gasteiger partial charge >= 0.3 is 0 Å². The van der Waals surface area contributed by atoms with Gasteiger partial charge in [0.25, 0.3) is 0 Å². The lowest BCUT2D eigenvalue weighted by Crippen LogP contribution is -2.49. The smallest absolute Gasteiger partial charge is 0.235 e. The van der Waals surface area contributed by atoms with Gasteiger partial charge in [0.1, 0.15) is 11.8 Å². The number of carbonyl (C=O) groups excluding carboxylic acids is 4. The van der Waals surface area contributed by atoms with Crippen molar-refractivity contribution in [2.75, 3.05) is 0 Å². The van der Waals surface area contributed by atoms with Crippen molar-refractivity contribution in [3.05, 3.63) is 58.4 Å². The number of nitrogens with one attached hydrogen (secondary N) is 2. The number of hydrogen-bond donors (Lipinski definition) is 2. The average Bonchev–Trinajstić information content (AvgIpc) is 2.52. The van der Waals surface area contributed by atoms with Gasteiger partial charge < -0.3 is 10.6 Å². The summed E-state index contributed by atoms with van der Waals surface area (Å²) in [7, 11) is 0. The third-order valence-corrected chi connectivity index (χ3v) is 4.76. The molecule has 1 aromatic rings. The molecule has 0 spiro atoms. The molecule has 0 saturated carbocycles. The fraction of sp³-hybridized carbons (Fsp3) is 0.263. The molecule has 0 aliphatic carbocycles. The third kappa shape index (κ3) is 3.32. The van der Waals surface area contributed by atoms with Crippen LogP contribution in [0.3, 0.4) is 0 Å². The van der Waals surface area contributed by atoms with Crippen LogP contribution >= 0.6 is 11.6 Å². The van der Waals surface area contributed by atoms with Crippen molar-refractivity contribution in [1.82, 2.24) is 10.6 Å². The Kier molecular flexibility index (Phi) is 4.78. The van der Waals surface area contributed by atoms with E-state index >= 15 is 0 Å². The largest absolute Gasteiger partial charge is 0.329 e. The van der Waals surface area contributed by atoms with Crippen LogP contribution in [0.5, 0.6) is 0 Å². The Morgan fingerprint density at radius 1 is 0.808 bits per heavy atom. The first-order chi connectivity index (χ1) is 12.3. The number of benzene rings is 1. The van der Waals surface area contributed by atoms with Crippen molar-refractivity contribution in [3.8, 4) is 0 Å². The maximum Gasteiger partial charge on any atom is 0.235 e. The van der Waals surface area contributed by atoms with Crippen LogP contribution in [0.15, 0.2) is 47.8 Å². The van der Waals surface area contributed by atoms with Gasteiger partial charge in [-0.3, -0.25) is 19.2 Å². The van der Waals surface area contributed by atoms with Crippen LogP contribution in [0.2, 0.25) is 5.02 Å². The number of allylic oxidation sites excluding steroid dienone is 4. The maximum absolute atomic E-state index is 12.6. The first kappa shape index (κ1) is 18.1. The van der Waals surface area contributed by atoms with Gasteiger partial charge in [0.05, 0.1) is 0 Å². The predicted octanol–water partition coefficient (Wildman–Crippen LogP) is 1.86. The maximum atomic E-state index is 12.6. The van der Waals surface area contributed by atoms with Gasteiger partial charge in [-0.15, -0.1) is 0 Å². The van der Waals surface area contributed by atoms with Crippen molar-refractivity contribution in [3.63, 3.8) is 0 Å². The molecule has 134 valence electrons. The van der Waals surface area contributed by atoms with Crippen LogP contribution in [-0.4, -0.2) is 23.4 Å². The number of ketones is 2. The summed E-state index contributed by atoms with van der Waals surface area (Å²) in [6.45, 7) is 3.21. The molecule has 0 unspecified atom stereocenters. The van der Waals surface area contributed by atoms with Crippen LogP contribution < -0.4 is 10.6 Å². The topological polar surface area (TPSA) is 92.3 Å². The summed E-state index contributed by atoms with van der Waals surface area (Å²) >= 11 is 5.93. The van der Waals surface area contributed by atoms with E-state index in [1.807, 2.05) is 0 Å². The zero-order valence-corrected chi connectivity index (χ0v) is 15.0. The van der Waals surface area contributed by atoms with Crippen molar-refractivity contribution in [1.29, 1.82) is 0 Å². The molecule has 0 aromatic heterocycles. The molecule has 2 aliphatic rings. The van der Waals surface area contributed by atoms with E-state index in [2.05, 4.69) is 10.6 Å². The van der Waals surface area contributed by atoms with Crippen LogP contribution in [0.1, 0.15) is 25.3 Å². The summed E-state index contributed by atoms with van der Waals surface area (Å²) in [4.78, 5) is 50.3. The number of rotatable bonds is 3. The molecule has 7 heteroatoms. The second-order valence-corrected chi connectivity index (χ2v) is 6.91. The summed E-state index contributed by atoms with van der Waals surface area (Å²) < 4.78 is 0. The summed E-state index contributed by atoms with van der Waals surface area (Å²) in [5.74, 6) is -5.20. The third-order valence-electron chi connectivity index (χ3n) is 4.51. The molecule has 2 N–H and O–H groups in total. The van der Waals surface area contributed by atoms with Gasteiger partial charge in [-0.25, -0.2) is 0 Å². The molecule has 1 aromatic carbocycles. The van der Waals surface area contributed by atoms with E-state index in [0.717, 1.165) is 0 Å². The van der Waals surface area contributed by atoms with Gasteiger partial charge in [0, 0.05) is 34.5 Å². The van der Waals surface area contributed by atoms with Crippen molar-refractivity contribution in [2.24, 2.45) is 11.8 Å². The van der Waals surface area contributed by atoms with Crippen molar-refractivity contribution >= 4 is 35.0 Å². The van der Waals surface area contributed by atoms with E-state index < -0.39 is 41.1 Å². The minimum atomic E-state index is -1.17. The van der Waals surface area contributed by atoms with Gasteiger partial charge in [0.2, 0.25) is 11.8 Å². The Morgan fingerprint density at radius 3 is 1.62 bits per heavy atom. The number of carbonyl (C=O) groups is 4. The van der Waals surface area contributed by atoms with Crippen LogP contribution in [0, 0.1) is 11.8 Å². The van der Waals surface area contributed by atoms with Crippen LogP contribution in [0.25, 0.3) is 0 Å². The van der Waals surface area contributed by atoms with Crippen LogP contribution in [-0.2, 0) is 19.2 Å². The monoisotopic (exact) mass is 372 g/mol. The molecule has 6 nitrogen and oxygen atoms in total. The minimum Gasteiger partial charge on any atom is -0.329 e. The highest BCUT2D eigenvalue weighted by molar-refractivity contribution is 6.30. The molecule has 2 atom stereocenters. The highest BCUT2D eigenvalue weighted by Gasteiger charge is 2.47. The summed E-state index contributed by atoms with van der Waals surface area (Å²) in [5, 5.41) is 5.70. The first-order valence-corrected chi connectivity index (χ1v) is 8.47. The number of halogens is 1. The van der Waals surface area contributed by atoms with Gasteiger partial charge in [-0.1, -0.05) is 23.7 Å². The standard InChI is InChI=1S/C19H17ClN2O4/c1-9-7-13(23)16(18(25)21-9)15(11-3-5-12(20)6-4-11)17-14(24)8-10(2)22-19(17)26/h3-8,15-17H,1-2H3,(H,21,25)(H,22,26)/t16-,17-/m1/s1. The summed E-state index contributed by atoms with van der Waals surface area (Å²) in [6.07, 6.45) is 2.64. The van der Waals surface area contributed by atoms with E-state index in [9.17, 15) is 19.2 Å². The molecule has 2 aliphatic heterocycles. The summed E-state index contributed by atoms with van der Waals surface area (Å²) in [5.41, 5.74) is 1.39. The quantitative estimate of drug-likeness (QED) is 0.792. The highest BCUT2D eigenvalue weighted by atomic mass is 35.5. The van der Waals surface area contributed by atoms with E-state index in [1.165, 1.54) is 12.2 Å². The van der Waals surface area contributed by atoms with Crippen molar-refractivity contribution in [2.45, 2.75) is 19.8 Å². The first-order valence-electron chi connectivity index (χ1n) is 8.09. The van der Waals surface area contributed by atoms with E-state index in [1.54, 1.807) is 38.1 Å². The van der Waals surface area contributed by atoms with E-state index in [-0.39, 0.29) is 0 Å². The molecule has 3 rings (SSSR count). The van der Waals surface area contributed by atoms with Gasteiger partial charge in [-0.05, 0) is 31.5 Å². The molecule has 0 bridgehead atoms. The lowest BCUT2D eigenvalue weighted by Gasteiger charge is -2.33. The average molecular weight is 373 g/mol. The molecular weight excluding hydrogens is 356 g/mol.